The number of aromatic nitrogens is 1. The minimum absolute atomic E-state index is 0.116. The van der Waals surface area contributed by atoms with Gasteiger partial charge < -0.3 is 9.67 Å². The highest BCUT2D eigenvalue weighted by Crippen LogP contribution is 2.38. The molecule has 0 radical (unpaired) electrons. The number of halogens is 3. The van der Waals surface area contributed by atoms with Crippen LogP contribution in [0.5, 0.6) is 0 Å². The number of hydrogen-bond donors (Lipinski definition) is 1. The fourth-order valence-corrected chi connectivity index (χ4v) is 2.18. The summed E-state index contributed by atoms with van der Waals surface area (Å²) in [7, 11) is 0. The number of aryl methyl sites for hydroxylation is 1. The fourth-order valence-electron chi connectivity index (χ4n) is 2.18. The Morgan fingerprint density at radius 2 is 1.84 bits per heavy atom. The minimum atomic E-state index is -4.39. The summed E-state index contributed by atoms with van der Waals surface area (Å²) in [4.78, 5) is 0. The molecule has 0 atom stereocenters. The summed E-state index contributed by atoms with van der Waals surface area (Å²) in [5.41, 5.74) is 0.745. The van der Waals surface area contributed by atoms with Gasteiger partial charge in [-0.05, 0) is 24.6 Å². The van der Waals surface area contributed by atoms with Crippen LogP contribution in [0.25, 0.3) is 11.3 Å². The lowest BCUT2D eigenvalue weighted by Crippen LogP contribution is -2.10. The van der Waals surface area contributed by atoms with Crippen molar-refractivity contribution in [3.05, 3.63) is 47.7 Å². The lowest BCUT2D eigenvalue weighted by Gasteiger charge is -2.15. The summed E-state index contributed by atoms with van der Waals surface area (Å²) in [6, 6.07) is 7.24. The first-order valence-electron chi connectivity index (χ1n) is 5.88. The smallest absolute Gasteiger partial charge is 0.395 e. The van der Waals surface area contributed by atoms with E-state index in [2.05, 4.69) is 0 Å². The van der Waals surface area contributed by atoms with Crippen LogP contribution >= 0.6 is 0 Å². The van der Waals surface area contributed by atoms with Gasteiger partial charge in [-0.2, -0.15) is 13.2 Å². The van der Waals surface area contributed by atoms with Crippen molar-refractivity contribution in [2.45, 2.75) is 19.6 Å². The first-order valence-corrected chi connectivity index (χ1v) is 5.88. The Balaban J connectivity index is 2.63. The Kier molecular flexibility index (Phi) is 3.66. The molecule has 0 aliphatic heterocycles. The van der Waals surface area contributed by atoms with Gasteiger partial charge in [-0.15, -0.1) is 0 Å². The second-order valence-corrected chi connectivity index (χ2v) is 4.31. The molecule has 2 aromatic rings. The normalized spacial score (nSPS) is 11.8. The van der Waals surface area contributed by atoms with Gasteiger partial charge in [0.1, 0.15) is 0 Å². The van der Waals surface area contributed by atoms with Crippen LogP contribution in [0.1, 0.15) is 11.1 Å². The third-order valence-electron chi connectivity index (χ3n) is 2.99. The second kappa shape index (κ2) is 5.09. The fraction of sp³-hybridized carbons (Fsp3) is 0.286. The zero-order valence-corrected chi connectivity index (χ0v) is 10.4. The molecule has 2 rings (SSSR count). The topological polar surface area (TPSA) is 25.2 Å². The molecule has 0 spiro atoms. The van der Waals surface area contributed by atoms with E-state index < -0.39 is 11.7 Å². The van der Waals surface area contributed by atoms with Crippen LogP contribution in [0.15, 0.2) is 36.5 Å². The monoisotopic (exact) mass is 269 g/mol. The third-order valence-corrected chi connectivity index (χ3v) is 2.99. The maximum absolute atomic E-state index is 13.0. The van der Waals surface area contributed by atoms with Gasteiger partial charge in [0.25, 0.3) is 0 Å². The number of alkyl halides is 3. The highest BCUT2D eigenvalue weighted by atomic mass is 19.4. The molecular formula is C14H14F3NO. The summed E-state index contributed by atoms with van der Waals surface area (Å²) in [6.07, 6.45) is -2.70. The van der Waals surface area contributed by atoms with Crippen molar-refractivity contribution >= 4 is 0 Å². The molecule has 1 aromatic heterocycles. The van der Waals surface area contributed by atoms with E-state index in [1.165, 1.54) is 12.1 Å². The molecule has 19 heavy (non-hydrogen) atoms. The molecule has 1 N–H and O–H groups in total. The highest BCUT2D eigenvalue weighted by molar-refractivity contribution is 5.68. The number of aliphatic hydroxyl groups is 1. The lowest BCUT2D eigenvalue weighted by atomic mass is 10.0. The van der Waals surface area contributed by atoms with Crippen LogP contribution in [0, 0.1) is 6.92 Å². The summed E-state index contributed by atoms with van der Waals surface area (Å²) in [6.45, 7) is 1.92. The standard InChI is InChI=1S/C14H14F3NO/c1-10-6-7-18(8-9-19)13(10)11-4-2-3-5-12(11)14(15,16)17/h2-7,19H,8-9H2,1H3. The van der Waals surface area contributed by atoms with Crippen molar-refractivity contribution in [3.8, 4) is 11.3 Å². The van der Waals surface area contributed by atoms with Crippen LogP contribution in [0.4, 0.5) is 13.2 Å². The van der Waals surface area contributed by atoms with Crippen LogP contribution < -0.4 is 0 Å². The molecule has 0 bridgehead atoms. The maximum Gasteiger partial charge on any atom is 0.417 e. The molecule has 0 fully saturated rings. The van der Waals surface area contributed by atoms with Gasteiger partial charge in [0, 0.05) is 18.3 Å². The number of aliphatic hydroxyl groups excluding tert-OH is 1. The zero-order chi connectivity index (χ0) is 14.0. The van der Waals surface area contributed by atoms with Gasteiger partial charge in [0.05, 0.1) is 17.9 Å². The third kappa shape index (κ3) is 2.66. The van der Waals surface area contributed by atoms with E-state index in [4.69, 9.17) is 5.11 Å². The molecule has 1 heterocycles. The predicted octanol–water partition coefficient (Wildman–Crippen LogP) is 3.47. The molecule has 2 nitrogen and oxygen atoms in total. The average Bonchev–Trinajstić information content (AvgIpc) is 2.70. The van der Waals surface area contributed by atoms with E-state index in [-0.39, 0.29) is 18.7 Å². The molecule has 0 saturated carbocycles. The summed E-state index contributed by atoms with van der Waals surface area (Å²) in [5, 5.41) is 8.99. The van der Waals surface area contributed by atoms with Crippen molar-refractivity contribution < 1.29 is 18.3 Å². The number of nitrogens with zero attached hydrogens (tertiary/aromatic N) is 1. The van der Waals surface area contributed by atoms with E-state index >= 15 is 0 Å². The molecule has 0 aliphatic rings. The van der Waals surface area contributed by atoms with Gasteiger partial charge in [-0.3, -0.25) is 0 Å². The van der Waals surface area contributed by atoms with E-state index in [1.54, 1.807) is 29.8 Å². The molecule has 102 valence electrons. The van der Waals surface area contributed by atoms with E-state index in [0.717, 1.165) is 11.6 Å². The van der Waals surface area contributed by atoms with Crippen LogP contribution in [-0.2, 0) is 12.7 Å². The Morgan fingerprint density at radius 3 is 2.47 bits per heavy atom. The van der Waals surface area contributed by atoms with Gasteiger partial charge in [-0.25, -0.2) is 0 Å². The summed E-state index contributed by atoms with van der Waals surface area (Å²) < 4.78 is 40.7. The van der Waals surface area contributed by atoms with Gasteiger partial charge >= 0.3 is 6.18 Å². The predicted molar refractivity (Wildman–Crippen MR) is 66.7 cm³/mol. The summed E-state index contributed by atoms with van der Waals surface area (Å²) in [5.74, 6) is 0. The van der Waals surface area contributed by atoms with Gasteiger partial charge in [-0.1, -0.05) is 18.2 Å². The van der Waals surface area contributed by atoms with Gasteiger partial charge in [0.15, 0.2) is 0 Å². The minimum Gasteiger partial charge on any atom is -0.395 e. The number of hydrogen-bond acceptors (Lipinski definition) is 1. The Labute approximate surface area is 109 Å². The van der Waals surface area contributed by atoms with E-state index in [9.17, 15) is 13.2 Å². The van der Waals surface area contributed by atoms with E-state index in [1.807, 2.05) is 0 Å². The van der Waals surface area contributed by atoms with Crippen molar-refractivity contribution in [1.29, 1.82) is 0 Å². The molecule has 1 aromatic carbocycles. The quantitative estimate of drug-likeness (QED) is 0.906. The van der Waals surface area contributed by atoms with Crippen molar-refractivity contribution in [3.63, 3.8) is 0 Å². The molecule has 5 heteroatoms. The Hall–Kier alpha value is -1.75. The first-order chi connectivity index (χ1) is 8.95. The second-order valence-electron chi connectivity index (χ2n) is 4.31. The molecular weight excluding hydrogens is 255 g/mol. The van der Waals surface area contributed by atoms with Gasteiger partial charge in [0.2, 0.25) is 0 Å². The highest BCUT2D eigenvalue weighted by Gasteiger charge is 2.34. The SMILES string of the molecule is Cc1ccn(CCO)c1-c1ccccc1C(F)(F)F. The molecule has 0 aliphatic carbocycles. The first kappa shape index (κ1) is 13.7. The number of benzene rings is 1. The van der Waals surface area contributed by atoms with Crippen molar-refractivity contribution in [2.75, 3.05) is 6.61 Å². The van der Waals surface area contributed by atoms with Crippen LogP contribution in [0.3, 0.4) is 0 Å². The lowest BCUT2D eigenvalue weighted by molar-refractivity contribution is -0.137. The Bertz CT molecular complexity index is 572. The molecule has 0 unspecified atom stereocenters. The Morgan fingerprint density at radius 1 is 1.16 bits per heavy atom. The largest absolute Gasteiger partial charge is 0.417 e. The molecule has 0 amide bonds. The maximum atomic E-state index is 13.0. The van der Waals surface area contributed by atoms with Crippen LogP contribution in [0.2, 0.25) is 0 Å². The van der Waals surface area contributed by atoms with Crippen LogP contribution in [-0.4, -0.2) is 16.3 Å². The summed E-state index contributed by atoms with van der Waals surface area (Å²) >= 11 is 0. The van der Waals surface area contributed by atoms with Crippen molar-refractivity contribution in [2.24, 2.45) is 0 Å². The van der Waals surface area contributed by atoms with Crippen molar-refractivity contribution in [1.82, 2.24) is 4.57 Å². The zero-order valence-electron chi connectivity index (χ0n) is 10.4. The average molecular weight is 269 g/mol. The number of rotatable bonds is 3. The van der Waals surface area contributed by atoms with E-state index in [0.29, 0.717) is 5.69 Å². The molecule has 0 saturated heterocycles.